The highest BCUT2D eigenvalue weighted by atomic mass is 32.2. The number of carbonyl (C=O) groups is 1. The Bertz CT molecular complexity index is 806. The van der Waals surface area contributed by atoms with Crippen molar-refractivity contribution in [2.75, 3.05) is 6.26 Å². The van der Waals surface area contributed by atoms with Gasteiger partial charge < -0.3 is 14.5 Å². The first-order valence-corrected chi connectivity index (χ1v) is 8.81. The zero-order chi connectivity index (χ0) is 15.7. The number of nitrogens with zero attached hydrogens (tertiary/aromatic N) is 3. The number of aliphatic carboxylic acids is 1. The number of thioether (sulfide) groups is 1. The molecule has 0 spiro atoms. The van der Waals surface area contributed by atoms with Gasteiger partial charge in [-0.25, -0.2) is 4.98 Å². The van der Waals surface area contributed by atoms with E-state index in [1.807, 2.05) is 13.2 Å². The lowest BCUT2D eigenvalue weighted by atomic mass is 10.2. The lowest BCUT2D eigenvalue weighted by molar-refractivity contribution is -0.310. The molecule has 0 bridgehead atoms. The van der Waals surface area contributed by atoms with Crippen molar-refractivity contribution in [1.82, 2.24) is 14.1 Å². The first-order chi connectivity index (χ1) is 9.96. The highest BCUT2D eigenvalue weighted by Crippen LogP contribution is 2.27. The minimum Gasteiger partial charge on any atom is -0.548 e. The van der Waals surface area contributed by atoms with E-state index in [-0.39, 0.29) is 16.7 Å². The number of fused-ring (bicyclic) bond motifs is 1. The molecular formula is C12H14N3O3S3-. The Morgan fingerprint density at radius 2 is 2.19 bits per heavy atom. The van der Waals surface area contributed by atoms with Crippen molar-refractivity contribution >= 4 is 51.6 Å². The van der Waals surface area contributed by atoms with Gasteiger partial charge in [-0.15, -0.1) is 0 Å². The first-order valence-electron chi connectivity index (χ1n) is 6.36. The lowest BCUT2D eigenvalue weighted by Gasteiger charge is -2.21. The van der Waals surface area contributed by atoms with Crippen LogP contribution in [0.15, 0.2) is 9.13 Å². The molecular weight excluding hydrogens is 330 g/mol. The molecule has 0 saturated carbocycles. The molecule has 0 N–H and O–H groups in total. The second-order valence-electron chi connectivity index (χ2n) is 4.28. The third-order valence-corrected chi connectivity index (χ3v) is 5.64. The third kappa shape index (κ3) is 2.65. The monoisotopic (exact) mass is 344 g/mol. The van der Waals surface area contributed by atoms with Crippen LogP contribution in [0, 0.1) is 4.77 Å². The van der Waals surface area contributed by atoms with Gasteiger partial charge in [-0.3, -0.25) is 9.36 Å². The second-order valence-corrected chi connectivity index (χ2v) is 6.68. The van der Waals surface area contributed by atoms with Crippen LogP contribution in [0.25, 0.3) is 10.3 Å². The van der Waals surface area contributed by atoms with E-state index in [1.54, 1.807) is 11.5 Å². The van der Waals surface area contributed by atoms with E-state index in [2.05, 4.69) is 4.98 Å². The summed E-state index contributed by atoms with van der Waals surface area (Å²) in [7, 11) is 0. The molecule has 2 rings (SSSR count). The summed E-state index contributed by atoms with van der Waals surface area (Å²) in [5.74, 6) is -1.31. The predicted molar refractivity (Wildman–Crippen MR) is 84.5 cm³/mol. The molecule has 2 heterocycles. The van der Waals surface area contributed by atoms with Crippen LogP contribution in [0.2, 0.25) is 0 Å². The van der Waals surface area contributed by atoms with Gasteiger partial charge in [0.2, 0.25) is 0 Å². The van der Waals surface area contributed by atoms with Crippen molar-refractivity contribution in [3.63, 3.8) is 0 Å². The maximum Gasteiger partial charge on any atom is 0.282 e. The van der Waals surface area contributed by atoms with Gasteiger partial charge in [0.05, 0.1) is 12.0 Å². The fraction of sp³-hybridized carbons (Fsp3) is 0.500. The minimum atomic E-state index is -1.31. The average molecular weight is 344 g/mol. The van der Waals surface area contributed by atoms with Crippen LogP contribution in [-0.2, 0) is 11.3 Å². The summed E-state index contributed by atoms with van der Waals surface area (Å²) in [5, 5.41) is 11.3. The molecule has 1 unspecified atom stereocenters. The molecule has 0 radical (unpaired) electrons. The molecule has 0 saturated heterocycles. The number of thiazole rings is 1. The zero-order valence-electron chi connectivity index (χ0n) is 11.8. The molecule has 0 aromatic carbocycles. The Labute approximate surface area is 134 Å². The van der Waals surface area contributed by atoms with Gasteiger partial charge >= 0.3 is 0 Å². The minimum absolute atomic E-state index is 0.197. The van der Waals surface area contributed by atoms with Crippen molar-refractivity contribution in [1.29, 1.82) is 0 Å². The van der Waals surface area contributed by atoms with Gasteiger partial charge in [-0.05, 0) is 31.8 Å². The Balaban J connectivity index is 2.93. The van der Waals surface area contributed by atoms with Crippen molar-refractivity contribution < 1.29 is 9.90 Å². The number of carbonyl (C=O) groups excluding carboxylic acids is 1. The van der Waals surface area contributed by atoms with Crippen LogP contribution in [0.3, 0.4) is 0 Å². The molecule has 0 aliphatic carbocycles. The maximum absolute atomic E-state index is 12.6. The molecule has 21 heavy (non-hydrogen) atoms. The fourth-order valence-corrected chi connectivity index (χ4v) is 4.23. The summed E-state index contributed by atoms with van der Waals surface area (Å²) in [5.41, 5.74) is -0.202. The summed E-state index contributed by atoms with van der Waals surface area (Å²) in [6.45, 7) is 4.11. The predicted octanol–water partition coefficient (Wildman–Crippen LogP) is 1.43. The van der Waals surface area contributed by atoms with Gasteiger partial charge in [0.1, 0.15) is 4.83 Å². The Morgan fingerprint density at radius 1 is 1.52 bits per heavy atom. The first kappa shape index (κ1) is 16.2. The number of hydrogen-bond acceptors (Lipinski definition) is 7. The molecule has 0 fully saturated rings. The van der Waals surface area contributed by atoms with Gasteiger partial charge in [-0.2, -0.15) is 0 Å². The third-order valence-electron chi connectivity index (χ3n) is 3.15. The SMILES string of the molecule is CCC(C(=O)[O-])n1c(=O)c2nc(SC)sc2n(CC)c1=S. The summed E-state index contributed by atoms with van der Waals surface area (Å²) in [4.78, 5) is 28.8. The molecule has 0 aliphatic rings. The van der Waals surface area contributed by atoms with Crippen LogP contribution in [0.5, 0.6) is 0 Å². The van der Waals surface area contributed by atoms with Gasteiger partial charge in [-0.1, -0.05) is 30.0 Å². The fourth-order valence-electron chi connectivity index (χ4n) is 2.13. The van der Waals surface area contributed by atoms with E-state index in [0.29, 0.717) is 11.4 Å². The summed E-state index contributed by atoms with van der Waals surface area (Å²) in [6.07, 6.45) is 2.10. The topological polar surface area (TPSA) is 79.9 Å². The van der Waals surface area contributed by atoms with Crippen LogP contribution >= 0.6 is 35.3 Å². The molecule has 2 aromatic rings. The number of aryl methyl sites for hydroxylation is 1. The molecule has 6 nitrogen and oxygen atoms in total. The normalized spacial score (nSPS) is 12.7. The maximum atomic E-state index is 12.6. The van der Waals surface area contributed by atoms with Gasteiger partial charge in [0.25, 0.3) is 5.56 Å². The Morgan fingerprint density at radius 3 is 2.67 bits per heavy atom. The molecule has 114 valence electrons. The number of hydrogen-bond donors (Lipinski definition) is 0. The van der Waals surface area contributed by atoms with E-state index in [9.17, 15) is 14.7 Å². The number of carboxylic acid groups (broad SMARTS) is 1. The van der Waals surface area contributed by atoms with Crippen molar-refractivity contribution in [2.24, 2.45) is 0 Å². The molecule has 1 atom stereocenters. The molecule has 2 aromatic heterocycles. The highest BCUT2D eigenvalue weighted by molar-refractivity contribution is 8.00. The van der Waals surface area contributed by atoms with E-state index < -0.39 is 17.6 Å². The quantitative estimate of drug-likeness (QED) is 0.603. The molecule has 9 heteroatoms. The summed E-state index contributed by atoms with van der Waals surface area (Å²) in [6, 6.07) is -1.08. The van der Waals surface area contributed by atoms with Crippen molar-refractivity contribution in [3.05, 3.63) is 15.1 Å². The average Bonchev–Trinajstić information content (AvgIpc) is 2.87. The van der Waals surface area contributed by atoms with Crippen molar-refractivity contribution in [3.8, 4) is 0 Å². The van der Waals surface area contributed by atoms with Crippen molar-refractivity contribution in [2.45, 2.75) is 37.2 Å². The largest absolute Gasteiger partial charge is 0.548 e. The Kier molecular flexibility index (Phi) is 4.84. The lowest BCUT2D eigenvalue weighted by Crippen LogP contribution is -2.39. The van der Waals surface area contributed by atoms with E-state index >= 15 is 0 Å². The number of carboxylic acids is 1. The van der Waals surface area contributed by atoms with Gasteiger partial charge in [0.15, 0.2) is 14.6 Å². The smallest absolute Gasteiger partial charge is 0.282 e. The highest BCUT2D eigenvalue weighted by Gasteiger charge is 2.20. The van der Waals surface area contributed by atoms with E-state index in [0.717, 1.165) is 8.91 Å². The molecule has 0 amide bonds. The second kappa shape index (κ2) is 6.29. The van der Waals surface area contributed by atoms with Crippen LogP contribution in [0.1, 0.15) is 26.3 Å². The standard InChI is InChI=1S/C12H15N3O3S3/c1-4-6(10(17)18)15-8(16)7-9(14(5-2)12(15)19)21-11(13-7)20-3/h6H,4-5H2,1-3H3,(H,17,18)/p-1. The van der Waals surface area contributed by atoms with Crippen LogP contribution < -0.4 is 10.7 Å². The number of rotatable bonds is 5. The zero-order valence-corrected chi connectivity index (χ0v) is 14.2. The van der Waals surface area contributed by atoms with E-state index in [1.165, 1.54) is 23.1 Å². The summed E-state index contributed by atoms with van der Waals surface area (Å²) < 4.78 is 3.80. The van der Waals surface area contributed by atoms with Crippen LogP contribution in [-0.4, -0.2) is 26.3 Å². The number of aromatic nitrogens is 3. The van der Waals surface area contributed by atoms with Crippen LogP contribution in [0.4, 0.5) is 0 Å². The molecule has 0 aliphatic heterocycles. The van der Waals surface area contributed by atoms with Gasteiger partial charge in [0, 0.05) is 6.54 Å². The Hall–Kier alpha value is -1.19. The van der Waals surface area contributed by atoms with E-state index in [4.69, 9.17) is 12.2 Å². The summed E-state index contributed by atoms with van der Waals surface area (Å²) >= 11 is 8.14.